The van der Waals surface area contributed by atoms with Crippen LogP contribution in [-0.4, -0.2) is 0 Å². The topological polar surface area (TPSA) is 0 Å². The number of hydrogen-bond donors (Lipinski definition) is 0. The van der Waals surface area contributed by atoms with E-state index < -0.39 is 0 Å². The molecule has 0 aromatic rings. The van der Waals surface area contributed by atoms with Crippen LogP contribution >= 0.6 is 0 Å². The standard InChI is InChI=1S/C18H35/c1-2-3-4-5-6-7-8-9-10-11-12-15-18-16-13-14-17-18/h18H,1-17H2. The predicted molar refractivity (Wildman–Crippen MR) is 82.7 cm³/mol. The van der Waals surface area contributed by atoms with E-state index in [1.54, 1.807) is 0 Å². The van der Waals surface area contributed by atoms with Gasteiger partial charge in [-0.25, -0.2) is 0 Å². The van der Waals surface area contributed by atoms with E-state index in [4.69, 9.17) is 0 Å². The van der Waals surface area contributed by atoms with E-state index in [9.17, 15) is 0 Å². The molecule has 0 unspecified atom stereocenters. The lowest BCUT2D eigenvalue weighted by atomic mass is 9.99. The molecule has 0 N–H and O–H groups in total. The zero-order valence-electron chi connectivity index (χ0n) is 12.6. The summed E-state index contributed by atoms with van der Waals surface area (Å²) >= 11 is 0. The second kappa shape index (κ2) is 12.1. The summed E-state index contributed by atoms with van der Waals surface area (Å²) in [5.74, 6) is 1.11. The Hall–Kier alpha value is 0. The van der Waals surface area contributed by atoms with Crippen LogP contribution in [0, 0.1) is 12.8 Å². The van der Waals surface area contributed by atoms with Crippen molar-refractivity contribution in [2.75, 3.05) is 0 Å². The van der Waals surface area contributed by atoms with Crippen LogP contribution in [0.3, 0.4) is 0 Å². The van der Waals surface area contributed by atoms with Crippen LogP contribution in [0.2, 0.25) is 0 Å². The van der Waals surface area contributed by atoms with Crippen molar-refractivity contribution in [3.63, 3.8) is 0 Å². The van der Waals surface area contributed by atoms with Gasteiger partial charge in [-0.3, -0.25) is 0 Å². The van der Waals surface area contributed by atoms with E-state index in [0.29, 0.717) is 0 Å². The molecule has 1 aliphatic rings. The van der Waals surface area contributed by atoms with Crippen LogP contribution in [0.4, 0.5) is 0 Å². The summed E-state index contributed by atoms with van der Waals surface area (Å²) < 4.78 is 0. The van der Waals surface area contributed by atoms with Crippen molar-refractivity contribution in [1.82, 2.24) is 0 Å². The maximum atomic E-state index is 3.89. The monoisotopic (exact) mass is 251 g/mol. The van der Waals surface area contributed by atoms with Gasteiger partial charge in [0.1, 0.15) is 0 Å². The highest BCUT2D eigenvalue weighted by Crippen LogP contribution is 2.29. The summed E-state index contributed by atoms with van der Waals surface area (Å²) in [6.07, 6.45) is 23.3. The summed E-state index contributed by atoms with van der Waals surface area (Å²) in [6.45, 7) is 3.89. The van der Waals surface area contributed by atoms with Crippen molar-refractivity contribution in [3.05, 3.63) is 6.92 Å². The molecule has 0 amide bonds. The third-order valence-electron chi connectivity index (χ3n) is 4.59. The van der Waals surface area contributed by atoms with E-state index in [0.717, 1.165) is 12.3 Å². The Morgan fingerprint density at radius 3 is 1.56 bits per heavy atom. The lowest BCUT2D eigenvalue weighted by Gasteiger charge is -2.07. The summed E-state index contributed by atoms with van der Waals surface area (Å²) in [4.78, 5) is 0. The molecule has 0 spiro atoms. The fourth-order valence-corrected chi connectivity index (χ4v) is 3.32. The van der Waals surface area contributed by atoms with Gasteiger partial charge in [-0.1, -0.05) is 110 Å². The minimum absolute atomic E-state index is 1.11. The van der Waals surface area contributed by atoms with Gasteiger partial charge in [0.15, 0.2) is 0 Å². The van der Waals surface area contributed by atoms with E-state index in [1.165, 1.54) is 96.3 Å². The Bertz CT molecular complexity index is 155. The van der Waals surface area contributed by atoms with Gasteiger partial charge in [-0.2, -0.15) is 0 Å². The first kappa shape index (κ1) is 16.1. The Kier molecular flexibility index (Phi) is 10.8. The maximum absolute atomic E-state index is 3.89. The van der Waals surface area contributed by atoms with Crippen molar-refractivity contribution in [2.45, 2.75) is 103 Å². The highest BCUT2D eigenvalue weighted by Gasteiger charge is 2.13. The molecule has 0 aromatic heterocycles. The summed E-state index contributed by atoms with van der Waals surface area (Å²) in [6, 6.07) is 0. The third kappa shape index (κ3) is 9.00. The molecule has 1 fully saturated rings. The summed E-state index contributed by atoms with van der Waals surface area (Å²) in [5, 5.41) is 0. The molecule has 0 aromatic carbocycles. The zero-order chi connectivity index (χ0) is 12.9. The van der Waals surface area contributed by atoms with Crippen molar-refractivity contribution in [2.24, 2.45) is 5.92 Å². The molecule has 0 bridgehead atoms. The van der Waals surface area contributed by atoms with Crippen LogP contribution in [0.25, 0.3) is 0 Å². The maximum Gasteiger partial charge on any atom is -0.0414 e. The zero-order valence-corrected chi connectivity index (χ0v) is 12.6. The fraction of sp³-hybridized carbons (Fsp3) is 0.944. The van der Waals surface area contributed by atoms with E-state index in [-0.39, 0.29) is 0 Å². The molecule has 0 heteroatoms. The summed E-state index contributed by atoms with van der Waals surface area (Å²) in [5.41, 5.74) is 0. The molecule has 0 aliphatic heterocycles. The molecular formula is C18H35. The number of unbranched alkanes of at least 4 members (excludes halogenated alkanes) is 10. The number of hydrogen-bond acceptors (Lipinski definition) is 0. The van der Waals surface area contributed by atoms with Gasteiger partial charge in [0.2, 0.25) is 0 Å². The third-order valence-corrected chi connectivity index (χ3v) is 4.59. The molecule has 0 saturated heterocycles. The minimum atomic E-state index is 1.11. The highest BCUT2D eigenvalue weighted by molar-refractivity contribution is 4.66. The highest BCUT2D eigenvalue weighted by atomic mass is 14.2. The first-order chi connectivity index (χ1) is 8.93. The van der Waals surface area contributed by atoms with Crippen molar-refractivity contribution >= 4 is 0 Å². The van der Waals surface area contributed by atoms with E-state index in [2.05, 4.69) is 6.92 Å². The van der Waals surface area contributed by atoms with Gasteiger partial charge >= 0.3 is 0 Å². The largest absolute Gasteiger partial charge is 0.0533 e. The Morgan fingerprint density at radius 1 is 0.611 bits per heavy atom. The molecule has 1 saturated carbocycles. The summed E-state index contributed by atoms with van der Waals surface area (Å²) in [7, 11) is 0. The minimum Gasteiger partial charge on any atom is -0.0533 e. The Balaban J connectivity index is 1.68. The van der Waals surface area contributed by atoms with Gasteiger partial charge in [-0.05, 0) is 5.92 Å². The van der Waals surface area contributed by atoms with Gasteiger partial charge in [-0.15, -0.1) is 0 Å². The fourth-order valence-electron chi connectivity index (χ4n) is 3.32. The predicted octanol–water partition coefficient (Wildman–Crippen LogP) is 6.69. The molecule has 18 heavy (non-hydrogen) atoms. The average Bonchev–Trinajstić information content (AvgIpc) is 2.89. The lowest BCUT2D eigenvalue weighted by molar-refractivity contribution is 0.460. The normalized spacial score (nSPS) is 16.5. The van der Waals surface area contributed by atoms with Gasteiger partial charge in [0, 0.05) is 0 Å². The molecule has 107 valence electrons. The van der Waals surface area contributed by atoms with Crippen molar-refractivity contribution in [3.8, 4) is 0 Å². The molecule has 0 nitrogen and oxygen atoms in total. The Labute approximate surface area is 116 Å². The van der Waals surface area contributed by atoms with Gasteiger partial charge < -0.3 is 0 Å². The lowest BCUT2D eigenvalue weighted by Crippen LogP contribution is -1.92. The second-order valence-electron chi connectivity index (χ2n) is 6.33. The molecule has 1 radical (unpaired) electrons. The Morgan fingerprint density at radius 2 is 1.06 bits per heavy atom. The first-order valence-electron chi connectivity index (χ1n) is 8.72. The SMILES string of the molecule is [CH2]CCCCCCCCCCCCC1CCCC1. The second-order valence-corrected chi connectivity index (χ2v) is 6.33. The van der Waals surface area contributed by atoms with Crippen LogP contribution in [0.1, 0.15) is 103 Å². The smallest absolute Gasteiger partial charge is 0.0414 e. The molecule has 0 heterocycles. The van der Waals surface area contributed by atoms with Crippen molar-refractivity contribution in [1.29, 1.82) is 0 Å². The van der Waals surface area contributed by atoms with Crippen molar-refractivity contribution < 1.29 is 0 Å². The molecule has 1 rings (SSSR count). The first-order valence-corrected chi connectivity index (χ1v) is 8.72. The van der Waals surface area contributed by atoms with E-state index in [1.807, 2.05) is 0 Å². The molecule has 1 aliphatic carbocycles. The van der Waals surface area contributed by atoms with Crippen LogP contribution in [-0.2, 0) is 0 Å². The molecule has 0 atom stereocenters. The van der Waals surface area contributed by atoms with Gasteiger partial charge in [0.05, 0.1) is 0 Å². The van der Waals surface area contributed by atoms with Crippen LogP contribution in [0.5, 0.6) is 0 Å². The van der Waals surface area contributed by atoms with Gasteiger partial charge in [0.25, 0.3) is 0 Å². The van der Waals surface area contributed by atoms with Crippen LogP contribution < -0.4 is 0 Å². The average molecular weight is 251 g/mol. The van der Waals surface area contributed by atoms with Crippen LogP contribution in [0.15, 0.2) is 0 Å². The van der Waals surface area contributed by atoms with E-state index >= 15 is 0 Å². The molecular weight excluding hydrogens is 216 g/mol. The quantitative estimate of drug-likeness (QED) is 0.339. The number of rotatable bonds is 12.